The molecule has 1 aromatic rings. The number of likely N-dealkylation sites (N-methyl/N-ethyl adjacent to an activating group) is 1. The second-order valence-corrected chi connectivity index (χ2v) is 4.64. The van der Waals surface area contributed by atoms with Crippen molar-refractivity contribution in [3.8, 4) is 6.07 Å². The van der Waals surface area contributed by atoms with Crippen LogP contribution in [0.4, 0.5) is 5.69 Å². The molecular formula is C13H17N3. The molecule has 0 radical (unpaired) electrons. The lowest BCUT2D eigenvalue weighted by molar-refractivity contribution is 0.428. The zero-order chi connectivity index (χ0) is 11.6. The molecule has 0 amide bonds. The summed E-state index contributed by atoms with van der Waals surface area (Å²) in [5.41, 5.74) is 2.14. The van der Waals surface area contributed by atoms with Gasteiger partial charge in [-0.1, -0.05) is 0 Å². The molecule has 3 heteroatoms. The van der Waals surface area contributed by atoms with Crippen LogP contribution >= 0.6 is 0 Å². The summed E-state index contributed by atoms with van der Waals surface area (Å²) in [6.07, 6.45) is 1.16. The Morgan fingerprint density at radius 3 is 2.56 bits per heavy atom. The standard InChI is InChI=1S/C13H17N3/c1-13(15-2)7-8-16(10-13)12-5-3-11(9-14)4-6-12/h3-6,15H,7-8,10H2,1-2H3. The molecule has 1 aliphatic heterocycles. The molecule has 1 aromatic carbocycles. The Labute approximate surface area is 96.7 Å². The van der Waals surface area contributed by atoms with Crippen LogP contribution in [0.1, 0.15) is 18.9 Å². The topological polar surface area (TPSA) is 39.1 Å². The van der Waals surface area contributed by atoms with Crippen molar-refractivity contribution in [2.24, 2.45) is 0 Å². The molecule has 1 unspecified atom stereocenters. The maximum Gasteiger partial charge on any atom is 0.0991 e. The fourth-order valence-corrected chi connectivity index (χ4v) is 2.13. The van der Waals surface area contributed by atoms with E-state index in [1.54, 1.807) is 0 Å². The smallest absolute Gasteiger partial charge is 0.0991 e. The first-order chi connectivity index (χ1) is 7.67. The van der Waals surface area contributed by atoms with Gasteiger partial charge in [0.25, 0.3) is 0 Å². The van der Waals surface area contributed by atoms with Crippen molar-refractivity contribution in [3.05, 3.63) is 29.8 Å². The van der Waals surface area contributed by atoms with Crippen LogP contribution in [0.2, 0.25) is 0 Å². The molecule has 0 bridgehead atoms. The van der Waals surface area contributed by atoms with Crippen molar-refractivity contribution in [1.82, 2.24) is 5.32 Å². The van der Waals surface area contributed by atoms with E-state index in [0.29, 0.717) is 0 Å². The molecule has 0 saturated carbocycles. The van der Waals surface area contributed by atoms with Crippen molar-refractivity contribution in [2.75, 3.05) is 25.0 Å². The summed E-state index contributed by atoms with van der Waals surface area (Å²) in [7, 11) is 2.02. The van der Waals surface area contributed by atoms with Crippen LogP contribution in [0.25, 0.3) is 0 Å². The van der Waals surface area contributed by atoms with Crippen LogP contribution in [0.3, 0.4) is 0 Å². The fourth-order valence-electron chi connectivity index (χ4n) is 2.13. The third-order valence-corrected chi connectivity index (χ3v) is 3.44. The zero-order valence-corrected chi connectivity index (χ0v) is 9.83. The van der Waals surface area contributed by atoms with Crippen molar-refractivity contribution in [2.45, 2.75) is 18.9 Å². The van der Waals surface area contributed by atoms with E-state index in [9.17, 15) is 0 Å². The molecule has 1 fully saturated rings. The van der Waals surface area contributed by atoms with Gasteiger partial charge in [-0.05, 0) is 44.7 Å². The second kappa shape index (κ2) is 4.15. The number of nitrogens with one attached hydrogen (secondary N) is 1. The van der Waals surface area contributed by atoms with Crippen LogP contribution in [0.5, 0.6) is 0 Å². The number of rotatable bonds is 2. The summed E-state index contributed by atoms with van der Waals surface area (Å²) in [4.78, 5) is 2.36. The van der Waals surface area contributed by atoms with E-state index in [-0.39, 0.29) is 5.54 Å². The van der Waals surface area contributed by atoms with Gasteiger partial charge in [0.15, 0.2) is 0 Å². The highest BCUT2D eigenvalue weighted by atomic mass is 15.2. The first-order valence-electron chi connectivity index (χ1n) is 5.61. The highest BCUT2D eigenvalue weighted by molar-refractivity contribution is 5.51. The minimum atomic E-state index is 0.216. The summed E-state index contributed by atoms with van der Waals surface area (Å²) in [5.74, 6) is 0. The minimum Gasteiger partial charge on any atom is -0.370 e. The average Bonchev–Trinajstić information content (AvgIpc) is 2.73. The molecule has 3 nitrogen and oxygen atoms in total. The Kier molecular flexibility index (Phi) is 2.84. The van der Waals surface area contributed by atoms with Crippen LogP contribution < -0.4 is 10.2 Å². The van der Waals surface area contributed by atoms with E-state index < -0.39 is 0 Å². The Hall–Kier alpha value is -1.53. The first-order valence-corrected chi connectivity index (χ1v) is 5.61. The van der Waals surface area contributed by atoms with Crippen molar-refractivity contribution in [1.29, 1.82) is 5.26 Å². The van der Waals surface area contributed by atoms with Gasteiger partial charge in [-0.15, -0.1) is 0 Å². The van der Waals surface area contributed by atoms with E-state index >= 15 is 0 Å². The Bertz CT molecular complexity index is 404. The largest absolute Gasteiger partial charge is 0.370 e. The van der Waals surface area contributed by atoms with Crippen molar-refractivity contribution in [3.63, 3.8) is 0 Å². The predicted octanol–water partition coefficient (Wildman–Crippen LogP) is 1.75. The van der Waals surface area contributed by atoms with Gasteiger partial charge in [-0.2, -0.15) is 5.26 Å². The number of nitrogens with zero attached hydrogens (tertiary/aromatic N) is 2. The summed E-state index contributed by atoms with van der Waals surface area (Å²) < 4.78 is 0. The number of hydrogen-bond donors (Lipinski definition) is 1. The quantitative estimate of drug-likeness (QED) is 0.817. The zero-order valence-electron chi connectivity index (χ0n) is 9.83. The van der Waals surface area contributed by atoms with Gasteiger partial charge in [0, 0.05) is 24.3 Å². The number of anilines is 1. The lowest BCUT2D eigenvalue weighted by Crippen LogP contribution is -2.42. The molecule has 1 N–H and O–H groups in total. The van der Waals surface area contributed by atoms with Gasteiger partial charge < -0.3 is 10.2 Å². The van der Waals surface area contributed by atoms with Gasteiger partial charge in [-0.25, -0.2) is 0 Å². The van der Waals surface area contributed by atoms with E-state index in [1.165, 1.54) is 5.69 Å². The van der Waals surface area contributed by atoms with E-state index in [1.807, 2.05) is 31.3 Å². The predicted molar refractivity (Wildman–Crippen MR) is 65.5 cm³/mol. The average molecular weight is 215 g/mol. The van der Waals surface area contributed by atoms with Gasteiger partial charge in [-0.3, -0.25) is 0 Å². The fraction of sp³-hybridized carbons (Fsp3) is 0.462. The highest BCUT2D eigenvalue weighted by Gasteiger charge is 2.31. The molecular weight excluding hydrogens is 198 g/mol. The first kappa shape index (κ1) is 11.0. The molecule has 2 rings (SSSR count). The molecule has 0 aliphatic carbocycles. The van der Waals surface area contributed by atoms with Gasteiger partial charge >= 0.3 is 0 Å². The van der Waals surface area contributed by atoms with Gasteiger partial charge in [0.2, 0.25) is 0 Å². The molecule has 1 aliphatic rings. The summed E-state index contributed by atoms with van der Waals surface area (Å²) in [5, 5.41) is 12.1. The number of hydrogen-bond acceptors (Lipinski definition) is 3. The van der Waals surface area contributed by atoms with Crippen LogP contribution in [0.15, 0.2) is 24.3 Å². The Balaban J connectivity index is 2.12. The second-order valence-electron chi connectivity index (χ2n) is 4.64. The lowest BCUT2D eigenvalue weighted by atomic mass is 10.0. The van der Waals surface area contributed by atoms with E-state index in [0.717, 1.165) is 25.1 Å². The van der Waals surface area contributed by atoms with Gasteiger partial charge in [0.1, 0.15) is 0 Å². The maximum absolute atomic E-state index is 8.74. The SMILES string of the molecule is CNC1(C)CCN(c2ccc(C#N)cc2)C1. The summed E-state index contributed by atoms with van der Waals surface area (Å²) in [6, 6.07) is 9.96. The summed E-state index contributed by atoms with van der Waals surface area (Å²) in [6.45, 7) is 4.34. The minimum absolute atomic E-state index is 0.216. The molecule has 0 spiro atoms. The Morgan fingerprint density at radius 1 is 1.38 bits per heavy atom. The third-order valence-electron chi connectivity index (χ3n) is 3.44. The van der Waals surface area contributed by atoms with Crippen LogP contribution in [-0.2, 0) is 0 Å². The summed E-state index contributed by atoms with van der Waals surface area (Å²) >= 11 is 0. The van der Waals surface area contributed by atoms with Crippen molar-refractivity contribution >= 4 is 5.69 Å². The molecule has 0 aromatic heterocycles. The third kappa shape index (κ3) is 2.02. The van der Waals surface area contributed by atoms with E-state index in [2.05, 4.69) is 23.2 Å². The van der Waals surface area contributed by atoms with Crippen molar-refractivity contribution < 1.29 is 0 Å². The maximum atomic E-state index is 8.74. The number of nitriles is 1. The molecule has 16 heavy (non-hydrogen) atoms. The molecule has 1 heterocycles. The Morgan fingerprint density at radius 2 is 2.06 bits per heavy atom. The monoisotopic (exact) mass is 215 g/mol. The van der Waals surface area contributed by atoms with Crippen LogP contribution in [0, 0.1) is 11.3 Å². The molecule has 1 saturated heterocycles. The molecule has 1 atom stereocenters. The highest BCUT2D eigenvalue weighted by Crippen LogP contribution is 2.26. The normalized spacial score (nSPS) is 24.4. The van der Waals surface area contributed by atoms with Gasteiger partial charge in [0.05, 0.1) is 11.6 Å². The molecule has 84 valence electrons. The van der Waals surface area contributed by atoms with E-state index in [4.69, 9.17) is 5.26 Å². The van der Waals surface area contributed by atoms with Crippen LogP contribution in [-0.4, -0.2) is 25.7 Å². The lowest BCUT2D eigenvalue weighted by Gasteiger charge is -2.25. The number of benzene rings is 1.